The van der Waals surface area contributed by atoms with Crippen LogP contribution in [-0.2, 0) is 77.2 Å². The van der Waals surface area contributed by atoms with E-state index in [2.05, 4.69) is 19.2 Å². The van der Waals surface area contributed by atoms with Crippen LogP contribution in [0, 0.1) is 28.6 Å². The van der Waals surface area contributed by atoms with Crippen LogP contribution in [0.4, 0.5) is 5.69 Å². The quantitative estimate of drug-likeness (QED) is 0.0233. The molecule has 3 aromatic rings. The Morgan fingerprint density at radius 1 is 0.564 bits per heavy atom. The van der Waals surface area contributed by atoms with Crippen LogP contribution in [-0.4, -0.2) is 64.6 Å². The average molecular weight is 1130 g/mol. The number of fused-ring (bicyclic) bond motifs is 1. The number of nitrogens with one attached hydrogen (secondary N) is 1. The maximum Gasteiger partial charge on any atom is 0.370 e. The summed E-state index contributed by atoms with van der Waals surface area (Å²) < 4.78 is 75.3. The van der Waals surface area contributed by atoms with Gasteiger partial charge in [-0.15, -0.1) is 0 Å². The minimum atomic E-state index is -3.90. The second kappa shape index (κ2) is 29.7. The number of nitrogens with zero attached hydrogens (tertiary/aromatic N) is 1. The van der Waals surface area contributed by atoms with E-state index in [1.165, 1.54) is 83.1 Å². The standard InChI is InChI=1S/C57H86N2O17P2/c1-17-20-22-24-26-44(61)69-38-30-28-37(29-31-38)47-36(4)39-34-40(42(35-41(39)59(47)19-3)70-45(62)27-25-23-21-18-2)58-43(60)32-33-46(77(67)75-52(71-48(63)54(5,6)7)72-49(64)55(8,9)10)78(68)76-53(73-50(65)56(11,12)13)74-51(66)57(14,15)16/h28-31,34-35,46,52-53,77-78H,17-27,32-33H2,1-16H3,(H,58,60). The van der Waals surface area contributed by atoms with E-state index in [1.54, 1.807) is 24.3 Å². The van der Waals surface area contributed by atoms with Gasteiger partial charge in [-0.1, -0.05) is 52.4 Å². The van der Waals surface area contributed by atoms with Crippen molar-refractivity contribution >= 4 is 74.4 Å². The highest BCUT2D eigenvalue weighted by Gasteiger charge is 2.39. The van der Waals surface area contributed by atoms with Crippen molar-refractivity contribution in [3.63, 3.8) is 0 Å². The Balaban J connectivity index is 2.12. The number of unbranched alkanes of at least 4 members (excludes halogenated alkanes) is 6. The van der Waals surface area contributed by atoms with E-state index < -0.39 is 105 Å². The Labute approximate surface area is 461 Å². The molecule has 0 radical (unpaired) electrons. The van der Waals surface area contributed by atoms with Crippen LogP contribution in [0.1, 0.15) is 186 Å². The molecule has 1 aromatic heterocycles. The van der Waals surface area contributed by atoms with Crippen molar-refractivity contribution in [2.24, 2.45) is 21.7 Å². The highest BCUT2D eigenvalue weighted by molar-refractivity contribution is 7.58. The zero-order valence-electron chi connectivity index (χ0n) is 48.8. The van der Waals surface area contributed by atoms with Crippen molar-refractivity contribution < 1.29 is 80.2 Å². The Morgan fingerprint density at radius 3 is 1.38 bits per heavy atom. The minimum absolute atomic E-state index is 0.0370. The molecule has 2 atom stereocenters. The van der Waals surface area contributed by atoms with Crippen molar-refractivity contribution in [3.8, 4) is 22.8 Å². The zero-order valence-corrected chi connectivity index (χ0v) is 50.8. The first kappa shape index (κ1) is 66.9. The first-order valence-corrected chi connectivity index (χ1v) is 29.7. The van der Waals surface area contributed by atoms with Crippen LogP contribution in [0.15, 0.2) is 36.4 Å². The number of ether oxygens (including phenoxy) is 6. The maximum absolute atomic E-state index is 14.5. The number of benzene rings is 2. The summed E-state index contributed by atoms with van der Waals surface area (Å²) in [6, 6.07) is 10.5. The summed E-state index contributed by atoms with van der Waals surface area (Å²) in [7, 11) is -7.80. The van der Waals surface area contributed by atoms with E-state index in [4.69, 9.17) is 37.5 Å². The summed E-state index contributed by atoms with van der Waals surface area (Å²) in [5, 5.41) is 1.76. The molecule has 3 rings (SSSR count). The summed E-state index contributed by atoms with van der Waals surface area (Å²) in [6.45, 7) is 22.3. The molecule has 78 heavy (non-hydrogen) atoms. The third-order valence-electron chi connectivity index (χ3n) is 12.0. The van der Waals surface area contributed by atoms with E-state index in [-0.39, 0.29) is 23.8 Å². The van der Waals surface area contributed by atoms with Gasteiger partial charge in [0.2, 0.25) is 22.0 Å². The molecular formula is C57H86N2O17P2. The number of anilines is 1. The third kappa shape index (κ3) is 21.0. The number of esters is 6. The molecule has 436 valence electrons. The van der Waals surface area contributed by atoms with Gasteiger partial charge in [-0.2, -0.15) is 0 Å². The molecule has 19 nitrogen and oxygen atoms in total. The van der Waals surface area contributed by atoms with Crippen LogP contribution >= 0.6 is 16.1 Å². The van der Waals surface area contributed by atoms with Gasteiger partial charge in [0.25, 0.3) is 0 Å². The predicted molar refractivity (Wildman–Crippen MR) is 298 cm³/mol. The fourth-order valence-electron chi connectivity index (χ4n) is 7.23. The lowest BCUT2D eigenvalue weighted by Gasteiger charge is -2.28. The van der Waals surface area contributed by atoms with Crippen LogP contribution in [0.25, 0.3) is 22.2 Å². The number of aryl methyl sites for hydroxylation is 2. The van der Waals surface area contributed by atoms with Gasteiger partial charge < -0.3 is 38.3 Å². The molecule has 0 aliphatic carbocycles. The van der Waals surface area contributed by atoms with Crippen LogP contribution in [0.5, 0.6) is 11.5 Å². The second-order valence-corrected chi connectivity index (χ2v) is 27.1. The molecule has 1 heterocycles. The summed E-state index contributed by atoms with van der Waals surface area (Å²) in [6.07, 6.45) is 6.41. The third-order valence-corrected chi connectivity index (χ3v) is 16.0. The van der Waals surface area contributed by atoms with E-state index in [9.17, 15) is 42.7 Å². The van der Waals surface area contributed by atoms with Crippen LogP contribution < -0.4 is 14.8 Å². The number of rotatable bonds is 28. The first-order chi connectivity index (χ1) is 36.2. The molecule has 0 aliphatic rings. The van der Waals surface area contributed by atoms with Gasteiger partial charge in [0.1, 0.15) is 11.1 Å². The fourth-order valence-corrected chi connectivity index (χ4v) is 10.1. The summed E-state index contributed by atoms with van der Waals surface area (Å²) in [5.41, 5.74) is -1.42. The lowest BCUT2D eigenvalue weighted by molar-refractivity contribution is -0.244. The predicted octanol–water partition coefficient (Wildman–Crippen LogP) is 13.3. The largest absolute Gasteiger partial charge is 0.427 e. The highest BCUT2D eigenvalue weighted by Crippen LogP contribution is 2.51. The first-order valence-electron chi connectivity index (χ1n) is 26.9. The smallest absolute Gasteiger partial charge is 0.370 e. The van der Waals surface area contributed by atoms with Gasteiger partial charge in [0.05, 0.1) is 38.6 Å². The molecule has 0 saturated heterocycles. The number of hydrogen-bond acceptors (Lipinski definition) is 17. The minimum Gasteiger partial charge on any atom is -0.427 e. The molecular weight excluding hydrogens is 1050 g/mol. The molecule has 0 fully saturated rings. The van der Waals surface area contributed by atoms with Crippen molar-refractivity contribution in [1.29, 1.82) is 0 Å². The molecule has 1 amide bonds. The van der Waals surface area contributed by atoms with Gasteiger partial charge in [-0.25, -0.2) is 0 Å². The Bertz CT molecular complexity index is 2480. The van der Waals surface area contributed by atoms with Gasteiger partial charge in [-0.05, 0) is 158 Å². The van der Waals surface area contributed by atoms with Crippen molar-refractivity contribution in [3.05, 3.63) is 42.0 Å². The molecule has 0 saturated carbocycles. The number of aromatic nitrogens is 1. The van der Waals surface area contributed by atoms with Crippen molar-refractivity contribution in [1.82, 2.24) is 4.57 Å². The van der Waals surface area contributed by atoms with Gasteiger partial charge in [0.15, 0.2) is 5.75 Å². The lowest BCUT2D eigenvalue weighted by Crippen LogP contribution is -2.35. The molecule has 0 bridgehead atoms. The topological polar surface area (TPSA) is 244 Å². The molecule has 2 unspecified atom stereocenters. The molecule has 1 N–H and O–H groups in total. The highest BCUT2D eigenvalue weighted by atomic mass is 31.2. The Kier molecular flexibility index (Phi) is 25.5. The van der Waals surface area contributed by atoms with E-state index in [0.29, 0.717) is 36.0 Å². The number of amides is 1. The van der Waals surface area contributed by atoms with E-state index in [1.807, 2.05) is 30.5 Å². The fraction of sp³-hybridized carbons (Fsp3) is 0.632. The molecule has 21 heteroatoms. The van der Waals surface area contributed by atoms with Crippen molar-refractivity contribution in [2.75, 3.05) is 5.32 Å². The number of hydrogen-bond donors (Lipinski definition) is 1. The van der Waals surface area contributed by atoms with Gasteiger partial charge in [0, 0.05) is 37.3 Å². The summed E-state index contributed by atoms with van der Waals surface area (Å²) >= 11 is 0. The summed E-state index contributed by atoms with van der Waals surface area (Å²) in [5.74, 6) is -4.79. The Hall–Kier alpha value is -5.35. The van der Waals surface area contributed by atoms with E-state index >= 15 is 0 Å². The lowest BCUT2D eigenvalue weighted by atomic mass is 9.97. The van der Waals surface area contributed by atoms with Gasteiger partial charge >= 0.3 is 48.8 Å². The number of carbonyl (C=O) groups excluding carboxylic acids is 7. The monoisotopic (exact) mass is 1130 g/mol. The second-order valence-electron chi connectivity index (χ2n) is 23.4. The molecule has 2 aromatic carbocycles. The number of carbonyl (C=O) groups is 7. The zero-order chi connectivity index (χ0) is 58.9. The van der Waals surface area contributed by atoms with Crippen LogP contribution in [0.2, 0.25) is 0 Å². The SMILES string of the molecule is CCCCCCC(=O)Oc1ccc(-c2c(C)c3cc(NC(=O)CCC([PH](=O)OC(OC(=O)C(C)(C)C)OC(=O)C(C)(C)C)[PH](=O)OC(OC(=O)C(C)(C)C)OC(=O)C(C)(C)C)c(OC(=O)CCCCCC)cc3n2CC)cc1. The Morgan fingerprint density at radius 2 is 0.987 bits per heavy atom. The van der Waals surface area contributed by atoms with Gasteiger partial charge in [-0.3, -0.25) is 51.7 Å². The molecule has 0 spiro atoms. The van der Waals surface area contributed by atoms with Crippen LogP contribution in [0.3, 0.4) is 0 Å². The van der Waals surface area contributed by atoms with E-state index in [0.717, 1.165) is 61.8 Å². The normalized spacial score (nSPS) is 13.4. The maximum atomic E-state index is 14.5. The molecule has 0 aliphatic heterocycles. The van der Waals surface area contributed by atoms with Crippen molar-refractivity contribution in [2.45, 2.75) is 213 Å². The average Bonchev–Trinajstić information content (AvgIpc) is 3.60. The summed E-state index contributed by atoms with van der Waals surface area (Å²) in [4.78, 5) is 92.6.